The van der Waals surface area contributed by atoms with Crippen molar-refractivity contribution in [3.05, 3.63) is 64.7 Å². The maximum absolute atomic E-state index is 14.0. The molecule has 2 aromatic carbocycles. The summed E-state index contributed by atoms with van der Waals surface area (Å²) in [7, 11) is 4.04. The molecule has 0 radical (unpaired) electrons. The van der Waals surface area contributed by atoms with Gasteiger partial charge in [-0.1, -0.05) is 29.8 Å². The minimum absolute atomic E-state index is 0.268. The number of halogens is 3. The quantitative estimate of drug-likeness (QED) is 0.456. The third-order valence-electron chi connectivity index (χ3n) is 6.20. The third kappa shape index (κ3) is 5.19. The van der Waals surface area contributed by atoms with Gasteiger partial charge in [-0.05, 0) is 49.8 Å². The van der Waals surface area contributed by atoms with E-state index in [0.29, 0.717) is 6.54 Å². The van der Waals surface area contributed by atoms with Crippen LogP contribution in [0.25, 0.3) is 10.9 Å². The van der Waals surface area contributed by atoms with Gasteiger partial charge in [0.25, 0.3) is 5.91 Å². The van der Waals surface area contributed by atoms with Gasteiger partial charge in [0.15, 0.2) is 0 Å². The third-order valence-corrected chi connectivity index (χ3v) is 6.57. The Kier molecular flexibility index (Phi) is 6.98. The number of benzene rings is 2. The van der Waals surface area contributed by atoms with Crippen LogP contribution < -0.4 is 15.5 Å². The smallest absolute Gasteiger partial charge is 0.255 e. The molecular weight excluding hydrogens is 446 g/mol. The summed E-state index contributed by atoms with van der Waals surface area (Å²) in [6, 6.07) is 12.3. The maximum atomic E-state index is 14.0. The van der Waals surface area contributed by atoms with E-state index in [1.165, 1.54) is 0 Å². The molecule has 8 heteroatoms. The minimum Gasteiger partial charge on any atom is -0.377 e. The van der Waals surface area contributed by atoms with Crippen molar-refractivity contribution in [2.75, 3.05) is 30.9 Å². The Balaban J connectivity index is 1.34. The van der Waals surface area contributed by atoms with Gasteiger partial charge < -0.3 is 15.5 Å². The van der Waals surface area contributed by atoms with E-state index in [4.69, 9.17) is 16.6 Å². The molecule has 0 atom stereocenters. The first-order chi connectivity index (χ1) is 15.8. The largest absolute Gasteiger partial charge is 0.377 e. The molecule has 174 valence electrons. The molecule has 1 saturated carbocycles. The fourth-order valence-corrected chi connectivity index (χ4v) is 4.62. The van der Waals surface area contributed by atoms with Gasteiger partial charge >= 0.3 is 0 Å². The van der Waals surface area contributed by atoms with E-state index < -0.39 is 28.1 Å². The van der Waals surface area contributed by atoms with Crippen LogP contribution in [0.1, 0.15) is 36.0 Å². The number of amides is 1. The lowest BCUT2D eigenvalue weighted by Crippen LogP contribution is -2.34. The lowest BCUT2D eigenvalue weighted by molar-refractivity contribution is 0.0939. The number of pyridine rings is 1. The van der Waals surface area contributed by atoms with Gasteiger partial charge in [-0.25, -0.2) is 13.8 Å². The first kappa shape index (κ1) is 23.2. The molecule has 0 unspecified atom stereocenters. The van der Waals surface area contributed by atoms with E-state index in [0.717, 1.165) is 60.2 Å². The summed E-state index contributed by atoms with van der Waals surface area (Å²) in [5, 5.41) is 6.91. The Morgan fingerprint density at radius 1 is 1.09 bits per heavy atom. The van der Waals surface area contributed by atoms with Crippen LogP contribution in [-0.4, -0.2) is 37.6 Å². The Labute approximate surface area is 197 Å². The zero-order chi connectivity index (χ0) is 23.5. The molecule has 1 aliphatic carbocycles. The van der Waals surface area contributed by atoms with Gasteiger partial charge in [-0.2, -0.15) is 0 Å². The van der Waals surface area contributed by atoms with E-state index in [-0.39, 0.29) is 12.0 Å². The number of nitrogens with one attached hydrogen (secondary N) is 2. The van der Waals surface area contributed by atoms with Gasteiger partial charge in [0.05, 0.1) is 16.1 Å². The fourth-order valence-electron chi connectivity index (χ4n) is 4.38. The average molecular weight is 473 g/mol. The van der Waals surface area contributed by atoms with E-state index >= 15 is 0 Å². The molecule has 5 nitrogen and oxygen atoms in total. The number of anilines is 2. The number of nitrogens with zero attached hydrogens (tertiary/aromatic N) is 2. The molecule has 4 rings (SSSR count). The van der Waals surface area contributed by atoms with Gasteiger partial charge in [-0.3, -0.25) is 4.79 Å². The molecule has 0 bridgehead atoms. The SMILES string of the molecule is CN(C)c1cc(NC2CCC(CNC(=O)c3c(F)ccc(F)c3Cl)CC2)nc2ccccc12. The number of aromatic nitrogens is 1. The van der Waals surface area contributed by atoms with Crippen molar-refractivity contribution < 1.29 is 13.6 Å². The highest BCUT2D eigenvalue weighted by Crippen LogP contribution is 2.30. The monoisotopic (exact) mass is 472 g/mol. The van der Waals surface area contributed by atoms with Gasteiger partial charge in [0.1, 0.15) is 17.5 Å². The molecule has 1 heterocycles. The average Bonchev–Trinajstić information content (AvgIpc) is 2.80. The van der Waals surface area contributed by atoms with Crippen molar-refractivity contribution in [2.45, 2.75) is 31.7 Å². The Morgan fingerprint density at radius 2 is 1.79 bits per heavy atom. The summed E-state index contributed by atoms with van der Waals surface area (Å²) in [4.78, 5) is 19.2. The van der Waals surface area contributed by atoms with Crippen molar-refractivity contribution in [2.24, 2.45) is 5.92 Å². The number of fused-ring (bicyclic) bond motifs is 1. The summed E-state index contributed by atoms with van der Waals surface area (Å²) < 4.78 is 27.5. The second kappa shape index (κ2) is 9.91. The summed E-state index contributed by atoms with van der Waals surface area (Å²) in [5.74, 6) is -1.20. The number of hydrogen-bond donors (Lipinski definition) is 2. The van der Waals surface area contributed by atoms with Crippen LogP contribution in [0.2, 0.25) is 5.02 Å². The molecule has 2 N–H and O–H groups in total. The van der Waals surface area contributed by atoms with Crippen molar-refractivity contribution >= 4 is 39.9 Å². The number of hydrogen-bond acceptors (Lipinski definition) is 4. The van der Waals surface area contributed by atoms with E-state index in [9.17, 15) is 13.6 Å². The number of para-hydroxylation sites is 1. The van der Waals surface area contributed by atoms with E-state index in [2.05, 4.69) is 27.7 Å². The second-order valence-corrected chi connectivity index (χ2v) is 9.11. The van der Waals surface area contributed by atoms with E-state index in [1.54, 1.807) is 0 Å². The van der Waals surface area contributed by atoms with Gasteiger partial charge in [0, 0.05) is 43.8 Å². The maximum Gasteiger partial charge on any atom is 0.255 e. The predicted octanol–water partition coefficient (Wildman–Crippen LogP) is 5.63. The van der Waals surface area contributed by atoms with Crippen molar-refractivity contribution in [3.63, 3.8) is 0 Å². The van der Waals surface area contributed by atoms with Crippen LogP contribution in [-0.2, 0) is 0 Å². The number of rotatable bonds is 6. The van der Waals surface area contributed by atoms with Gasteiger partial charge in [0.2, 0.25) is 0 Å². The standard InChI is InChI=1S/C25H27ClF2N4O/c1-32(2)21-13-22(31-20-6-4-3-5-17(20)21)30-16-9-7-15(8-10-16)14-29-25(33)23-18(27)11-12-19(28)24(23)26/h3-6,11-13,15-16H,7-10,14H2,1-2H3,(H,29,33)(H,30,31). The first-order valence-corrected chi connectivity index (χ1v) is 11.5. The number of carbonyl (C=O) groups excluding carboxylic acids is 1. The molecule has 1 amide bonds. The Bertz CT molecular complexity index is 1160. The zero-order valence-corrected chi connectivity index (χ0v) is 19.4. The molecule has 3 aromatic rings. The molecule has 33 heavy (non-hydrogen) atoms. The lowest BCUT2D eigenvalue weighted by atomic mass is 9.86. The Hall–Kier alpha value is -2.93. The molecular formula is C25H27ClF2N4O. The summed E-state index contributed by atoms with van der Waals surface area (Å²) >= 11 is 5.78. The van der Waals surface area contributed by atoms with Crippen LogP contribution in [0, 0.1) is 17.6 Å². The number of carbonyl (C=O) groups is 1. The molecule has 1 aliphatic rings. The first-order valence-electron chi connectivity index (χ1n) is 11.1. The van der Waals surface area contributed by atoms with E-state index in [1.807, 2.05) is 32.3 Å². The molecule has 1 fully saturated rings. The topological polar surface area (TPSA) is 57.3 Å². The van der Waals surface area contributed by atoms with Gasteiger partial charge in [-0.15, -0.1) is 0 Å². The minimum atomic E-state index is -0.827. The lowest BCUT2D eigenvalue weighted by Gasteiger charge is -2.30. The Morgan fingerprint density at radius 3 is 2.52 bits per heavy atom. The van der Waals surface area contributed by atoms with Crippen LogP contribution in [0.15, 0.2) is 42.5 Å². The van der Waals surface area contributed by atoms with Crippen molar-refractivity contribution in [1.29, 1.82) is 0 Å². The predicted molar refractivity (Wildman–Crippen MR) is 129 cm³/mol. The second-order valence-electron chi connectivity index (χ2n) is 8.73. The summed E-state index contributed by atoms with van der Waals surface area (Å²) in [5.41, 5.74) is 1.62. The zero-order valence-electron chi connectivity index (χ0n) is 18.7. The van der Waals surface area contributed by atoms with Crippen LogP contribution >= 0.6 is 11.6 Å². The summed E-state index contributed by atoms with van der Waals surface area (Å²) in [6.07, 6.45) is 3.68. The molecule has 0 aliphatic heterocycles. The van der Waals surface area contributed by atoms with Crippen molar-refractivity contribution in [3.8, 4) is 0 Å². The molecule has 0 spiro atoms. The molecule has 1 aromatic heterocycles. The molecule has 0 saturated heterocycles. The highest BCUT2D eigenvalue weighted by Gasteiger charge is 2.24. The van der Waals surface area contributed by atoms with Crippen LogP contribution in [0.5, 0.6) is 0 Å². The highest BCUT2D eigenvalue weighted by atomic mass is 35.5. The van der Waals surface area contributed by atoms with Crippen LogP contribution in [0.4, 0.5) is 20.3 Å². The normalized spacial score (nSPS) is 18.2. The fraction of sp³-hybridized carbons (Fsp3) is 0.360. The van der Waals surface area contributed by atoms with Crippen LogP contribution in [0.3, 0.4) is 0 Å². The highest BCUT2D eigenvalue weighted by molar-refractivity contribution is 6.34. The van der Waals surface area contributed by atoms with Crippen molar-refractivity contribution in [1.82, 2.24) is 10.3 Å². The summed E-state index contributed by atoms with van der Waals surface area (Å²) in [6.45, 7) is 0.400.